The van der Waals surface area contributed by atoms with Crippen LogP contribution in [0.3, 0.4) is 0 Å². The van der Waals surface area contributed by atoms with Gasteiger partial charge in [-0.15, -0.1) is 0 Å². The number of hydrogen-bond acceptors (Lipinski definition) is 1. The van der Waals surface area contributed by atoms with Crippen molar-refractivity contribution in [3.05, 3.63) is 12.2 Å². The first-order valence-corrected chi connectivity index (χ1v) is 6.70. The van der Waals surface area contributed by atoms with Crippen molar-refractivity contribution >= 4 is 5.97 Å². The molecule has 2 nitrogen and oxygen atoms in total. The molecule has 0 unspecified atom stereocenters. The average molecular weight is 244 g/mol. The van der Waals surface area contributed by atoms with E-state index in [1.165, 1.54) is 25.7 Å². The van der Waals surface area contributed by atoms with Gasteiger partial charge < -0.3 is 5.11 Å². The van der Waals surface area contributed by atoms with Crippen LogP contribution in [0.25, 0.3) is 0 Å². The molecule has 0 aliphatic heterocycles. The maximum Gasteiger partial charge on any atom is 0.307 e. The number of carbonyl (C=O) groups is 1. The molecule has 100 valence electrons. The standard InChI is InChI=1S/C14H25FO2/c15-13-11-9-7-5-3-1-2-4-6-8-10-12-14(16)17/h8,10H,1-7,9,11-13H2,(H,16,17)/b10-8+. The molecule has 3 heteroatoms. The van der Waals surface area contributed by atoms with Gasteiger partial charge in [-0.1, -0.05) is 50.7 Å². The monoisotopic (exact) mass is 244 g/mol. The molecule has 0 atom stereocenters. The first-order valence-electron chi connectivity index (χ1n) is 6.70. The van der Waals surface area contributed by atoms with Crippen LogP contribution in [0.5, 0.6) is 0 Å². The van der Waals surface area contributed by atoms with Crippen LogP contribution in [0.2, 0.25) is 0 Å². The third-order valence-electron chi connectivity index (χ3n) is 2.71. The summed E-state index contributed by atoms with van der Waals surface area (Å²) >= 11 is 0. The largest absolute Gasteiger partial charge is 0.481 e. The summed E-state index contributed by atoms with van der Waals surface area (Å²) in [6.45, 7) is -0.178. The zero-order valence-corrected chi connectivity index (χ0v) is 10.7. The van der Waals surface area contributed by atoms with Crippen molar-refractivity contribution in [1.29, 1.82) is 0 Å². The Bertz CT molecular complexity index is 202. The molecule has 0 heterocycles. The lowest BCUT2D eigenvalue weighted by molar-refractivity contribution is -0.136. The van der Waals surface area contributed by atoms with Gasteiger partial charge in [0, 0.05) is 0 Å². The number of rotatable bonds is 12. The van der Waals surface area contributed by atoms with Gasteiger partial charge in [-0.05, 0) is 19.3 Å². The van der Waals surface area contributed by atoms with E-state index < -0.39 is 5.97 Å². The quantitative estimate of drug-likeness (QED) is 0.405. The summed E-state index contributed by atoms with van der Waals surface area (Å²) in [6.07, 6.45) is 13.7. The first kappa shape index (κ1) is 16.1. The summed E-state index contributed by atoms with van der Waals surface area (Å²) < 4.78 is 11.8. The summed E-state index contributed by atoms with van der Waals surface area (Å²) in [4.78, 5) is 10.2. The maximum atomic E-state index is 11.8. The zero-order valence-electron chi connectivity index (χ0n) is 10.7. The van der Waals surface area contributed by atoms with Gasteiger partial charge in [0.15, 0.2) is 0 Å². The predicted molar refractivity (Wildman–Crippen MR) is 68.9 cm³/mol. The number of carboxylic acid groups (broad SMARTS) is 1. The van der Waals surface area contributed by atoms with E-state index in [4.69, 9.17) is 5.11 Å². The minimum absolute atomic E-state index is 0.134. The second-order valence-corrected chi connectivity index (χ2v) is 4.38. The second-order valence-electron chi connectivity index (χ2n) is 4.38. The minimum Gasteiger partial charge on any atom is -0.481 e. The highest BCUT2D eigenvalue weighted by atomic mass is 19.1. The second kappa shape index (κ2) is 13.2. The van der Waals surface area contributed by atoms with Gasteiger partial charge in [-0.25, -0.2) is 0 Å². The lowest BCUT2D eigenvalue weighted by Crippen LogP contribution is -1.89. The van der Waals surface area contributed by atoms with Gasteiger partial charge in [0.2, 0.25) is 0 Å². The Morgan fingerprint density at radius 1 is 0.882 bits per heavy atom. The van der Waals surface area contributed by atoms with Crippen LogP contribution in [0.1, 0.15) is 64.2 Å². The van der Waals surface area contributed by atoms with Crippen LogP contribution < -0.4 is 0 Å². The maximum absolute atomic E-state index is 11.8. The Hall–Kier alpha value is -0.860. The molecule has 1 N–H and O–H groups in total. The summed E-state index contributed by atoms with van der Waals surface area (Å²) in [5.41, 5.74) is 0. The number of aliphatic carboxylic acids is 1. The predicted octanol–water partition coefficient (Wildman–Crippen LogP) is 4.50. The Balaban J connectivity index is 3.03. The van der Waals surface area contributed by atoms with Gasteiger partial charge in [0.05, 0.1) is 13.1 Å². The van der Waals surface area contributed by atoms with Crippen LogP contribution in [0.15, 0.2) is 12.2 Å². The fraction of sp³-hybridized carbons (Fsp3) is 0.786. The number of hydrogen-bond donors (Lipinski definition) is 1. The van der Waals surface area contributed by atoms with Crippen molar-refractivity contribution in [3.63, 3.8) is 0 Å². The van der Waals surface area contributed by atoms with Crippen LogP contribution >= 0.6 is 0 Å². The fourth-order valence-corrected chi connectivity index (χ4v) is 1.72. The molecule has 0 amide bonds. The van der Waals surface area contributed by atoms with Gasteiger partial charge in [0.25, 0.3) is 0 Å². The zero-order chi connectivity index (χ0) is 12.8. The Kier molecular flexibility index (Phi) is 12.5. The van der Waals surface area contributed by atoms with E-state index in [2.05, 4.69) is 0 Å². The molecule has 0 fully saturated rings. The Labute approximate surface area is 104 Å². The van der Waals surface area contributed by atoms with Crippen molar-refractivity contribution in [1.82, 2.24) is 0 Å². The number of halogens is 1. The van der Waals surface area contributed by atoms with Crippen LogP contribution in [-0.4, -0.2) is 17.8 Å². The SMILES string of the molecule is O=C(O)C/C=C/CCCCCCCCCCF. The van der Waals surface area contributed by atoms with Gasteiger partial charge in [-0.2, -0.15) is 0 Å². The fourth-order valence-electron chi connectivity index (χ4n) is 1.72. The van der Waals surface area contributed by atoms with Crippen LogP contribution in [-0.2, 0) is 4.79 Å². The summed E-state index contributed by atoms with van der Waals surface area (Å²) in [7, 11) is 0. The van der Waals surface area contributed by atoms with Crippen molar-refractivity contribution in [3.8, 4) is 0 Å². The smallest absolute Gasteiger partial charge is 0.307 e. The van der Waals surface area contributed by atoms with E-state index >= 15 is 0 Å². The number of carboxylic acids is 1. The van der Waals surface area contributed by atoms with E-state index in [9.17, 15) is 9.18 Å². The van der Waals surface area contributed by atoms with Gasteiger partial charge in [0.1, 0.15) is 0 Å². The number of allylic oxidation sites excluding steroid dienone is 1. The van der Waals surface area contributed by atoms with Crippen molar-refractivity contribution in [2.24, 2.45) is 0 Å². The summed E-state index contributed by atoms with van der Waals surface area (Å²) in [5, 5.41) is 8.40. The highest BCUT2D eigenvalue weighted by molar-refractivity contribution is 5.68. The van der Waals surface area contributed by atoms with E-state index in [0.717, 1.165) is 25.7 Å². The summed E-state index contributed by atoms with van der Waals surface area (Å²) in [5.74, 6) is -0.769. The average Bonchev–Trinajstić information content (AvgIpc) is 2.30. The van der Waals surface area contributed by atoms with Gasteiger partial charge in [-0.3, -0.25) is 9.18 Å². The molecule has 0 aliphatic rings. The van der Waals surface area contributed by atoms with E-state index in [1.807, 2.05) is 6.08 Å². The van der Waals surface area contributed by atoms with Crippen molar-refractivity contribution in [2.45, 2.75) is 64.2 Å². The molecule has 0 bridgehead atoms. The molecule has 0 aromatic carbocycles. The molecule has 0 spiro atoms. The topological polar surface area (TPSA) is 37.3 Å². The molecule has 0 rings (SSSR count). The van der Waals surface area contributed by atoms with Gasteiger partial charge >= 0.3 is 5.97 Å². The molecular weight excluding hydrogens is 219 g/mol. The summed E-state index contributed by atoms with van der Waals surface area (Å²) in [6, 6.07) is 0. The molecule has 0 radical (unpaired) electrons. The Morgan fingerprint density at radius 3 is 1.94 bits per heavy atom. The molecule has 0 aromatic rings. The van der Waals surface area contributed by atoms with Crippen molar-refractivity contribution in [2.75, 3.05) is 6.67 Å². The third kappa shape index (κ3) is 15.1. The van der Waals surface area contributed by atoms with Crippen LogP contribution in [0, 0.1) is 0 Å². The number of alkyl halides is 1. The van der Waals surface area contributed by atoms with Crippen LogP contribution in [0.4, 0.5) is 4.39 Å². The molecule has 0 saturated carbocycles. The molecular formula is C14H25FO2. The van der Waals surface area contributed by atoms with E-state index in [0.29, 0.717) is 6.42 Å². The van der Waals surface area contributed by atoms with Crippen molar-refractivity contribution < 1.29 is 14.3 Å². The Morgan fingerprint density at radius 2 is 1.41 bits per heavy atom. The number of unbranched alkanes of at least 4 members (excludes halogenated alkanes) is 8. The minimum atomic E-state index is -0.769. The molecule has 0 aliphatic carbocycles. The first-order chi connectivity index (χ1) is 8.27. The van der Waals surface area contributed by atoms with E-state index in [-0.39, 0.29) is 13.1 Å². The van der Waals surface area contributed by atoms with E-state index in [1.54, 1.807) is 6.08 Å². The lowest BCUT2D eigenvalue weighted by atomic mass is 10.1. The highest BCUT2D eigenvalue weighted by Crippen LogP contribution is 2.10. The molecule has 17 heavy (non-hydrogen) atoms. The normalized spacial score (nSPS) is 11.1. The molecule has 0 aromatic heterocycles. The third-order valence-corrected chi connectivity index (χ3v) is 2.71. The lowest BCUT2D eigenvalue weighted by Gasteiger charge is -2.00. The highest BCUT2D eigenvalue weighted by Gasteiger charge is 1.92. The molecule has 0 saturated heterocycles.